The van der Waals surface area contributed by atoms with Crippen LogP contribution < -0.4 is 11.5 Å². The Morgan fingerprint density at radius 1 is 1.50 bits per heavy atom. The highest BCUT2D eigenvalue weighted by Crippen LogP contribution is 2.61. The van der Waals surface area contributed by atoms with Gasteiger partial charge in [0.1, 0.15) is 11.8 Å². The number of amides is 2. The Bertz CT molecular complexity index is 922. The Labute approximate surface area is 159 Å². The summed E-state index contributed by atoms with van der Waals surface area (Å²) in [6, 6.07) is -0.110. The summed E-state index contributed by atoms with van der Waals surface area (Å²) in [5.74, 6) is -0.0287. The molecule has 14 heteroatoms. The second-order valence-electron chi connectivity index (χ2n) is 7.30. The third-order valence-electron chi connectivity index (χ3n) is 5.50. The average molecular weight is 416 g/mol. The van der Waals surface area contributed by atoms with Crippen molar-refractivity contribution in [2.45, 2.75) is 37.5 Å². The lowest BCUT2D eigenvalue weighted by Crippen LogP contribution is -2.43. The summed E-state index contributed by atoms with van der Waals surface area (Å²) in [4.78, 5) is 17.8. The van der Waals surface area contributed by atoms with E-state index < -0.39 is 34.6 Å². The van der Waals surface area contributed by atoms with Crippen LogP contribution in [0.2, 0.25) is 0 Å². The molecule has 0 aromatic carbocycles. The van der Waals surface area contributed by atoms with E-state index in [0.717, 1.165) is 17.9 Å². The normalized spacial score (nSPS) is 26.6. The highest BCUT2D eigenvalue weighted by molar-refractivity contribution is 7.80. The highest BCUT2D eigenvalue weighted by Gasteiger charge is 2.64. The fraction of sp³-hybridized carbons (Fsp3) is 0.643. The Morgan fingerprint density at radius 2 is 2.21 bits per heavy atom. The molecule has 2 bridgehead atoms. The van der Waals surface area contributed by atoms with E-state index in [1.807, 2.05) is 0 Å². The Kier molecular flexibility index (Phi) is 4.26. The van der Waals surface area contributed by atoms with E-state index in [9.17, 15) is 18.3 Å². The van der Waals surface area contributed by atoms with Crippen LogP contribution in [0.15, 0.2) is 15.6 Å². The van der Waals surface area contributed by atoms with Crippen molar-refractivity contribution in [3.63, 3.8) is 0 Å². The zero-order chi connectivity index (χ0) is 20.3. The number of aromatic nitrogens is 1. The maximum Gasteiger partial charge on any atom is 0.418 e. The van der Waals surface area contributed by atoms with E-state index in [1.165, 1.54) is 11.0 Å². The molecule has 2 aliphatic heterocycles. The first kappa shape index (κ1) is 18.9. The maximum absolute atomic E-state index is 12.7. The van der Waals surface area contributed by atoms with Crippen LogP contribution in [0.5, 0.6) is 0 Å². The van der Waals surface area contributed by atoms with Crippen LogP contribution in [0.25, 0.3) is 0 Å². The molecular weight excluding hydrogens is 396 g/mol. The van der Waals surface area contributed by atoms with Gasteiger partial charge in [-0.25, -0.2) is 4.79 Å². The van der Waals surface area contributed by atoms with Gasteiger partial charge in [0.2, 0.25) is 0 Å². The lowest BCUT2D eigenvalue weighted by Gasteiger charge is -2.35. The minimum Gasteiger partial charge on any atom is -0.383 e. The van der Waals surface area contributed by atoms with Crippen molar-refractivity contribution in [2.24, 2.45) is 21.9 Å². The van der Waals surface area contributed by atoms with Gasteiger partial charge < -0.3 is 26.0 Å². The van der Waals surface area contributed by atoms with Crippen LogP contribution in [0.4, 0.5) is 4.79 Å². The number of hydroxylamine groups is 2. The molecule has 0 radical (unpaired) electrons. The zero-order valence-electron chi connectivity index (χ0n) is 14.6. The number of hydrogen-bond acceptors (Lipinski definition) is 8. The fourth-order valence-electron chi connectivity index (χ4n) is 3.98. The van der Waals surface area contributed by atoms with Crippen molar-refractivity contribution >= 4 is 22.4 Å². The molecule has 1 spiro atoms. The Morgan fingerprint density at radius 3 is 2.82 bits per heavy atom. The number of piperidine rings is 1. The highest BCUT2D eigenvalue weighted by atomic mass is 32.3. The van der Waals surface area contributed by atoms with Gasteiger partial charge in [0, 0.05) is 12.6 Å². The summed E-state index contributed by atoms with van der Waals surface area (Å²) in [5, 5.41) is 14.8. The van der Waals surface area contributed by atoms with E-state index in [2.05, 4.69) is 14.4 Å². The van der Waals surface area contributed by atoms with Crippen molar-refractivity contribution in [3.05, 3.63) is 17.5 Å². The van der Waals surface area contributed by atoms with Crippen molar-refractivity contribution in [2.75, 3.05) is 13.1 Å². The molecule has 3 fully saturated rings. The molecule has 2 amide bonds. The summed E-state index contributed by atoms with van der Waals surface area (Å²) < 4.78 is 41.0. The van der Waals surface area contributed by atoms with Crippen LogP contribution in [0.3, 0.4) is 0 Å². The third kappa shape index (κ3) is 3.28. The van der Waals surface area contributed by atoms with E-state index in [0.29, 0.717) is 12.1 Å². The molecule has 154 valence electrons. The summed E-state index contributed by atoms with van der Waals surface area (Å²) in [7, 11) is -4.83. The summed E-state index contributed by atoms with van der Waals surface area (Å²) in [6.07, 6.45) is 1.00. The first-order chi connectivity index (χ1) is 13.1. The number of nitrogens with two attached hydrogens (primary N) is 2. The van der Waals surface area contributed by atoms with Crippen LogP contribution in [0.1, 0.15) is 42.9 Å². The standard InChI is InChI=1S/C14H20N6O7S/c15-12(16)17-5-9(21)10-3-7(18-26-10)8-4-14(1-2-14)11-6-19(8)13(22)20(11)27-28(23,24)25/h3,8-9,11,21H,1-2,4-6H2,(H4,15,16,17)(H,23,24,25)/t8-,9?,11-/m0/s1. The van der Waals surface area contributed by atoms with Gasteiger partial charge >= 0.3 is 16.4 Å². The SMILES string of the molecule is NC(N)=NCC(O)c1cc([C@@H]2CC3(CC3)[C@@H]3CN2C(=O)N3OS(=O)(=O)O)no1. The maximum atomic E-state index is 12.7. The molecule has 2 saturated heterocycles. The monoisotopic (exact) mass is 416 g/mol. The van der Waals surface area contributed by atoms with Crippen molar-refractivity contribution in [3.8, 4) is 0 Å². The number of guanidine groups is 1. The number of carbonyl (C=O) groups is 1. The fourth-order valence-corrected chi connectivity index (χ4v) is 4.35. The zero-order valence-corrected chi connectivity index (χ0v) is 15.4. The molecule has 1 unspecified atom stereocenters. The lowest BCUT2D eigenvalue weighted by molar-refractivity contribution is -0.0527. The van der Waals surface area contributed by atoms with Gasteiger partial charge in [-0.15, -0.1) is 4.28 Å². The molecule has 4 rings (SSSR count). The number of rotatable bonds is 6. The molecular formula is C14H20N6O7S. The number of aliphatic imine (C=N–C) groups is 1. The van der Waals surface area contributed by atoms with E-state index >= 15 is 0 Å². The summed E-state index contributed by atoms with van der Waals surface area (Å²) in [6.45, 7) is 0.129. The predicted molar refractivity (Wildman–Crippen MR) is 91.5 cm³/mol. The topological polar surface area (TPSA) is 198 Å². The number of aliphatic hydroxyl groups is 1. The molecule has 3 atom stereocenters. The molecule has 1 aromatic rings. The minimum absolute atomic E-state index is 0.105. The number of hydrogen-bond donors (Lipinski definition) is 4. The number of aliphatic hydroxyl groups excluding tert-OH is 1. The van der Waals surface area contributed by atoms with Crippen molar-refractivity contribution in [1.29, 1.82) is 0 Å². The van der Waals surface area contributed by atoms with E-state index in [1.54, 1.807) is 0 Å². The van der Waals surface area contributed by atoms with Crippen LogP contribution >= 0.6 is 0 Å². The Hall–Kier alpha value is -2.42. The summed E-state index contributed by atoms with van der Waals surface area (Å²) in [5.41, 5.74) is 10.6. The van der Waals surface area contributed by atoms with Gasteiger partial charge in [0.15, 0.2) is 11.7 Å². The molecule has 1 aliphatic carbocycles. The minimum atomic E-state index is -4.83. The van der Waals surface area contributed by atoms with Crippen LogP contribution in [0, 0.1) is 5.41 Å². The summed E-state index contributed by atoms with van der Waals surface area (Å²) >= 11 is 0. The average Bonchev–Trinajstić information content (AvgIpc) is 3.09. The van der Waals surface area contributed by atoms with Gasteiger partial charge in [-0.1, -0.05) is 5.16 Å². The number of carbonyl (C=O) groups excluding carboxylic acids is 1. The molecule has 6 N–H and O–H groups in total. The molecule has 1 aromatic heterocycles. The first-order valence-electron chi connectivity index (χ1n) is 8.56. The van der Waals surface area contributed by atoms with Gasteiger partial charge in [-0.05, 0) is 24.7 Å². The number of fused-ring (bicyclic) bond motifs is 3. The van der Waals surface area contributed by atoms with Crippen LogP contribution in [-0.4, -0.2) is 64.3 Å². The van der Waals surface area contributed by atoms with Gasteiger partial charge in [-0.3, -0.25) is 9.55 Å². The number of nitrogens with zero attached hydrogens (tertiary/aromatic N) is 4. The molecule has 3 heterocycles. The smallest absolute Gasteiger partial charge is 0.383 e. The quantitative estimate of drug-likeness (QED) is 0.255. The molecule has 1 saturated carbocycles. The van der Waals surface area contributed by atoms with E-state index in [4.69, 9.17) is 20.5 Å². The molecule has 3 aliphatic rings. The third-order valence-corrected chi connectivity index (χ3v) is 5.85. The number of urea groups is 1. The second kappa shape index (κ2) is 6.30. The van der Waals surface area contributed by atoms with Gasteiger partial charge in [0.25, 0.3) is 0 Å². The van der Waals surface area contributed by atoms with Gasteiger partial charge in [0.05, 0.1) is 18.6 Å². The van der Waals surface area contributed by atoms with Crippen LogP contribution in [-0.2, 0) is 14.7 Å². The second-order valence-corrected chi connectivity index (χ2v) is 8.30. The van der Waals surface area contributed by atoms with Crippen molar-refractivity contribution < 1.29 is 31.7 Å². The van der Waals surface area contributed by atoms with Crippen molar-refractivity contribution in [1.82, 2.24) is 15.1 Å². The predicted octanol–water partition coefficient (Wildman–Crippen LogP) is -0.953. The van der Waals surface area contributed by atoms with E-state index in [-0.39, 0.29) is 30.2 Å². The lowest BCUT2D eigenvalue weighted by atomic mass is 9.84. The largest absolute Gasteiger partial charge is 0.418 e. The first-order valence-corrected chi connectivity index (χ1v) is 9.93. The Balaban J connectivity index is 1.57. The van der Waals surface area contributed by atoms with Gasteiger partial charge in [-0.2, -0.15) is 13.5 Å². The molecule has 28 heavy (non-hydrogen) atoms. The molecule has 13 nitrogen and oxygen atoms in total.